The first-order chi connectivity index (χ1) is 8.15. The van der Waals surface area contributed by atoms with Gasteiger partial charge >= 0.3 is 0 Å². The quantitative estimate of drug-likeness (QED) is 0.850. The molecule has 0 aliphatic heterocycles. The van der Waals surface area contributed by atoms with E-state index in [9.17, 15) is 0 Å². The van der Waals surface area contributed by atoms with Gasteiger partial charge in [-0.3, -0.25) is 4.98 Å². The lowest BCUT2D eigenvalue weighted by atomic mass is 9.96. The van der Waals surface area contributed by atoms with Gasteiger partial charge in [0, 0.05) is 36.1 Å². The maximum atomic E-state index is 6.01. The van der Waals surface area contributed by atoms with Gasteiger partial charge in [0.2, 0.25) is 0 Å². The molecular formula is C14H22N2O. The van der Waals surface area contributed by atoms with Gasteiger partial charge in [-0.1, -0.05) is 13.8 Å². The van der Waals surface area contributed by atoms with Crippen LogP contribution >= 0.6 is 0 Å². The van der Waals surface area contributed by atoms with Crippen LogP contribution in [0.5, 0.6) is 5.75 Å². The lowest BCUT2D eigenvalue weighted by Gasteiger charge is -2.27. The molecule has 0 aromatic carbocycles. The van der Waals surface area contributed by atoms with Crippen molar-refractivity contribution < 1.29 is 4.74 Å². The lowest BCUT2D eigenvalue weighted by molar-refractivity contribution is 0.118. The monoisotopic (exact) mass is 234 g/mol. The van der Waals surface area contributed by atoms with Crippen LogP contribution in [-0.4, -0.2) is 17.1 Å². The van der Waals surface area contributed by atoms with Crippen LogP contribution in [0.4, 0.5) is 0 Å². The number of hydrogen-bond donors (Lipinski definition) is 1. The van der Waals surface area contributed by atoms with Crippen LogP contribution in [0.2, 0.25) is 0 Å². The predicted octanol–water partition coefficient (Wildman–Crippen LogP) is 2.82. The summed E-state index contributed by atoms with van der Waals surface area (Å²) in [5, 5.41) is 3.41. The zero-order valence-electron chi connectivity index (χ0n) is 11.0. The van der Waals surface area contributed by atoms with Crippen LogP contribution in [0.3, 0.4) is 0 Å². The molecule has 1 fully saturated rings. The maximum Gasteiger partial charge on any atom is 0.127 e. The standard InChI is InChI=1S/C14H22N2O/c1-10(2)15-8-12-9-16-11(3)7-14(12)17-13-5-4-6-13/h7,9-10,13,15H,4-6,8H2,1-3H3. The Labute approximate surface area is 104 Å². The van der Waals surface area contributed by atoms with Crippen molar-refractivity contribution in [3.05, 3.63) is 23.5 Å². The number of rotatable bonds is 5. The third kappa shape index (κ3) is 3.43. The van der Waals surface area contributed by atoms with E-state index in [0.29, 0.717) is 12.1 Å². The van der Waals surface area contributed by atoms with Crippen molar-refractivity contribution >= 4 is 0 Å². The highest BCUT2D eigenvalue weighted by molar-refractivity contribution is 5.33. The predicted molar refractivity (Wildman–Crippen MR) is 69.2 cm³/mol. The SMILES string of the molecule is Cc1cc(OC2CCC2)c(CNC(C)C)cn1. The lowest BCUT2D eigenvalue weighted by Crippen LogP contribution is -2.26. The van der Waals surface area contributed by atoms with Gasteiger partial charge in [0.15, 0.2) is 0 Å². The molecule has 1 aromatic heterocycles. The fraction of sp³-hybridized carbons (Fsp3) is 0.643. The Morgan fingerprint density at radius 1 is 1.47 bits per heavy atom. The molecule has 0 saturated heterocycles. The first-order valence-corrected chi connectivity index (χ1v) is 6.50. The van der Waals surface area contributed by atoms with E-state index in [2.05, 4.69) is 30.2 Å². The Kier molecular flexibility index (Phi) is 4.00. The third-order valence-corrected chi connectivity index (χ3v) is 3.13. The second-order valence-corrected chi connectivity index (χ2v) is 5.14. The van der Waals surface area contributed by atoms with Gasteiger partial charge in [0.05, 0.1) is 6.10 Å². The minimum absolute atomic E-state index is 0.426. The molecule has 0 unspecified atom stereocenters. The van der Waals surface area contributed by atoms with Gasteiger partial charge in [-0.25, -0.2) is 0 Å². The molecule has 0 radical (unpaired) electrons. The van der Waals surface area contributed by atoms with Gasteiger partial charge in [0.25, 0.3) is 0 Å². The molecule has 0 atom stereocenters. The minimum Gasteiger partial charge on any atom is -0.490 e. The van der Waals surface area contributed by atoms with E-state index in [-0.39, 0.29) is 0 Å². The Morgan fingerprint density at radius 3 is 2.82 bits per heavy atom. The van der Waals surface area contributed by atoms with Crippen molar-refractivity contribution in [2.24, 2.45) is 0 Å². The van der Waals surface area contributed by atoms with Gasteiger partial charge in [-0.2, -0.15) is 0 Å². The smallest absolute Gasteiger partial charge is 0.127 e. The number of hydrogen-bond acceptors (Lipinski definition) is 3. The van der Waals surface area contributed by atoms with Crippen molar-refractivity contribution in [2.45, 2.75) is 58.7 Å². The van der Waals surface area contributed by atoms with Gasteiger partial charge in [-0.05, 0) is 26.2 Å². The fourth-order valence-electron chi connectivity index (χ4n) is 1.79. The summed E-state index contributed by atoms with van der Waals surface area (Å²) in [4.78, 5) is 4.35. The Bertz CT molecular complexity index is 372. The Balaban J connectivity index is 2.06. The van der Waals surface area contributed by atoms with E-state index in [1.165, 1.54) is 19.3 Å². The zero-order chi connectivity index (χ0) is 12.3. The fourth-order valence-corrected chi connectivity index (χ4v) is 1.79. The van der Waals surface area contributed by atoms with Crippen molar-refractivity contribution in [1.29, 1.82) is 0 Å². The van der Waals surface area contributed by atoms with Crippen LogP contribution in [0, 0.1) is 6.92 Å². The van der Waals surface area contributed by atoms with Gasteiger partial charge < -0.3 is 10.1 Å². The number of aryl methyl sites for hydroxylation is 1. The second-order valence-electron chi connectivity index (χ2n) is 5.14. The molecule has 1 heterocycles. The number of nitrogens with one attached hydrogen (secondary N) is 1. The number of nitrogens with zero attached hydrogens (tertiary/aromatic N) is 1. The molecular weight excluding hydrogens is 212 g/mol. The molecule has 2 rings (SSSR count). The summed E-state index contributed by atoms with van der Waals surface area (Å²) in [6.07, 6.45) is 6.04. The molecule has 3 nitrogen and oxygen atoms in total. The zero-order valence-corrected chi connectivity index (χ0v) is 11.0. The van der Waals surface area contributed by atoms with Gasteiger partial charge in [0.1, 0.15) is 5.75 Å². The molecule has 0 spiro atoms. The Hall–Kier alpha value is -1.09. The molecule has 0 amide bonds. The summed E-state index contributed by atoms with van der Waals surface area (Å²) < 4.78 is 6.01. The molecule has 1 N–H and O–H groups in total. The topological polar surface area (TPSA) is 34.1 Å². The van der Waals surface area contributed by atoms with E-state index in [1.807, 2.05) is 13.1 Å². The Morgan fingerprint density at radius 2 is 2.24 bits per heavy atom. The van der Waals surface area contributed by atoms with Crippen LogP contribution in [0.25, 0.3) is 0 Å². The third-order valence-electron chi connectivity index (χ3n) is 3.13. The van der Waals surface area contributed by atoms with Crippen molar-refractivity contribution in [2.75, 3.05) is 0 Å². The normalized spacial score (nSPS) is 16.0. The summed E-state index contributed by atoms with van der Waals surface area (Å²) in [6.45, 7) is 7.13. The van der Waals surface area contributed by atoms with Gasteiger partial charge in [-0.15, -0.1) is 0 Å². The number of aromatic nitrogens is 1. The summed E-state index contributed by atoms with van der Waals surface area (Å²) >= 11 is 0. The van der Waals surface area contributed by atoms with Crippen molar-refractivity contribution in [1.82, 2.24) is 10.3 Å². The second kappa shape index (κ2) is 5.50. The van der Waals surface area contributed by atoms with E-state index >= 15 is 0 Å². The van der Waals surface area contributed by atoms with E-state index < -0.39 is 0 Å². The van der Waals surface area contributed by atoms with Crippen LogP contribution < -0.4 is 10.1 Å². The molecule has 17 heavy (non-hydrogen) atoms. The average Bonchev–Trinajstić information content (AvgIpc) is 2.22. The molecule has 1 aliphatic carbocycles. The summed E-state index contributed by atoms with van der Waals surface area (Å²) in [6, 6.07) is 2.53. The number of pyridine rings is 1. The van der Waals surface area contributed by atoms with E-state index in [1.54, 1.807) is 0 Å². The minimum atomic E-state index is 0.426. The largest absolute Gasteiger partial charge is 0.490 e. The molecule has 0 bridgehead atoms. The summed E-state index contributed by atoms with van der Waals surface area (Å²) in [5.41, 5.74) is 2.18. The molecule has 1 saturated carbocycles. The number of ether oxygens (including phenoxy) is 1. The summed E-state index contributed by atoms with van der Waals surface area (Å²) in [7, 11) is 0. The summed E-state index contributed by atoms with van der Waals surface area (Å²) in [5.74, 6) is 1.01. The van der Waals surface area contributed by atoms with Crippen LogP contribution in [0.15, 0.2) is 12.3 Å². The molecule has 1 aromatic rings. The maximum absolute atomic E-state index is 6.01. The first-order valence-electron chi connectivity index (χ1n) is 6.50. The van der Waals surface area contributed by atoms with Crippen molar-refractivity contribution in [3.63, 3.8) is 0 Å². The molecule has 1 aliphatic rings. The highest BCUT2D eigenvalue weighted by Gasteiger charge is 2.20. The van der Waals surface area contributed by atoms with E-state index in [0.717, 1.165) is 23.6 Å². The molecule has 3 heteroatoms. The van der Waals surface area contributed by atoms with Crippen LogP contribution in [0.1, 0.15) is 44.4 Å². The molecule has 94 valence electrons. The average molecular weight is 234 g/mol. The first kappa shape index (κ1) is 12.4. The van der Waals surface area contributed by atoms with Crippen molar-refractivity contribution in [3.8, 4) is 5.75 Å². The van der Waals surface area contributed by atoms with E-state index in [4.69, 9.17) is 4.74 Å². The van der Waals surface area contributed by atoms with Crippen LogP contribution in [-0.2, 0) is 6.54 Å². The highest BCUT2D eigenvalue weighted by atomic mass is 16.5. The highest BCUT2D eigenvalue weighted by Crippen LogP contribution is 2.27.